The van der Waals surface area contributed by atoms with Crippen molar-refractivity contribution in [3.05, 3.63) is 47.9 Å². The van der Waals surface area contributed by atoms with Crippen LogP contribution in [0.2, 0.25) is 0 Å². The molecule has 1 heterocycles. The molecule has 5 nitrogen and oxygen atoms in total. The molecule has 0 aliphatic rings. The summed E-state index contributed by atoms with van der Waals surface area (Å²) in [6, 6.07) is 10.7. The van der Waals surface area contributed by atoms with Gasteiger partial charge in [0, 0.05) is 12.1 Å². The van der Waals surface area contributed by atoms with Crippen molar-refractivity contribution in [3.63, 3.8) is 0 Å². The van der Waals surface area contributed by atoms with E-state index in [1.807, 2.05) is 32.0 Å². The minimum atomic E-state index is -0.224. The molecule has 0 spiro atoms. The summed E-state index contributed by atoms with van der Waals surface area (Å²) in [5.41, 5.74) is 0. The zero-order valence-electron chi connectivity index (χ0n) is 12.4. The van der Waals surface area contributed by atoms with E-state index in [2.05, 4.69) is 5.32 Å². The second kappa shape index (κ2) is 6.83. The van der Waals surface area contributed by atoms with Crippen molar-refractivity contribution in [2.45, 2.75) is 26.5 Å². The van der Waals surface area contributed by atoms with E-state index in [9.17, 15) is 4.79 Å². The van der Waals surface area contributed by atoms with Gasteiger partial charge in [-0.2, -0.15) is 0 Å². The third-order valence-corrected chi connectivity index (χ3v) is 2.73. The molecule has 0 fully saturated rings. The van der Waals surface area contributed by atoms with Crippen molar-refractivity contribution in [1.29, 1.82) is 0 Å². The number of methoxy groups -OCH3 is 1. The van der Waals surface area contributed by atoms with Gasteiger partial charge in [0.05, 0.1) is 7.11 Å². The summed E-state index contributed by atoms with van der Waals surface area (Å²) in [7, 11) is 1.60. The number of benzene rings is 1. The fourth-order valence-corrected chi connectivity index (χ4v) is 1.76. The minimum Gasteiger partial charge on any atom is -0.497 e. The van der Waals surface area contributed by atoms with Crippen molar-refractivity contribution < 1.29 is 18.7 Å². The molecule has 0 atom stereocenters. The van der Waals surface area contributed by atoms with Crippen LogP contribution >= 0.6 is 0 Å². The number of rotatable bonds is 6. The van der Waals surface area contributed by atoms with Crippen LogP contribution < -0.4 is 14.8 Å². The summed E-state index contributed by atoms with van der Waals surface area (Å²) in [6.07, 6.45) is 0. The van der Waals surface area contributed by atoms with Crippen LogP contribution in [0, 0.1) is 0 Å². The highest BCUT2D eigenvalue weighted by molar-refractivity contribution is 5.91. The predicted octanol–water partition coefficient (Wildman–Crippen LogP) is 3.01. The Morgan fingerprint density at radius 2 is 2.00 bits per heavy atom. The number of hydrogen-bond acceptors (Lipinski definition) is 4. The average molecular weight is 289 g/mol. The van der Waals surface area contributed by atoms with E-state index in [1.165, 1.54) is 0 Å². The lowest BCUT2D eigenvalue weighted by Crippen LogP contribution is -2.29. The van der Waals surface area contributed by atoms with Crippen molar-refractivity contribution in [2.75, 3.05) is 7.11 Å². The highest BCUT2D eigenvalue weighted by atomic mass is 16.5. The molecule has 1 aromatic carbocycles. The fourth-order valence-electron chi connectivity index (χ4n) is 1.76. The largest absolute Gasteiger partial charge is 0.497 e. The SMILES string of the molecule is COc1cccc(OCc2ccc(C(=O)NC(C)C)o2)c1. The number of carbonyl (C=O) groups excluding carboxylic acids is 1. The Hall–Kier alpha value is -2.43. The van der Waals surface area contributed by atoms with Gasteiger partial charge in [-0.15, -0.1) is 0 Å². The molecule has 21 heavy (non-hydrogen) atoms. The Morgan fingerprint density at radius 3 is 2.71 bits per heavy atom. The third kappa shape index (κ3) is 4.27. The van der Waals surface area contributed by atoms with E-state index in [1.54, 1.807) is 25.3 Å². The van der Waals surface area contributed by atoms with Gasteiger partial charge in [-0.3, -0.25) is 4.79 Å². The molecule has 0 radical (unpaired) electrons. The lowest BCUT2D eigenvalue weighted by molar-refractivity contribution is 0.0911. The Morgan fingerprint density at radius 1 is 1.24 bits per heavy atom. The average Bonchev–Trinajstić information content (AvgIpc) is 2.94. The molecule has 0 unspecified atom stereocenters. The molecule has 5 heteroatoms. The summed E-state index contributed by atoms with van der Waals surface area (Å²) in [5.74, 6) is 2.06. The van der Waals surface area contributed by atoms with E-state index >= 15 is 0 Å². The molecule has 1 amide bonds. The van der Waals surface area contributed by atoms with Gasteiger partial charge in [0.2, 0.25) is 0 Å². The lowest BCUT2D eigenvalue weighted by atomic mass is 10.3. The van der Waals surface area contributed by atoms with Gasteiger partial charge in [-0.05, 0) is 38.1 Å². The van der Waals surface area contributed by atoms with Crippen molar-refractivity contribution in [1.82, 2.24) is 5.32 Å². The van der Waals surface area contributed by atoms with Crippen LogP contribution in [-0.4, -0.2) is 19.1 Å². The van der Waals surface area contributed by atoms with E-state index < -0.39 is 0 Å². The van der Waals surface area contributed by atoms with Crippen LogP contribution in [0.3, 0.4) is 0 Å². The highest BCUT2D eigenvalue weighted by Crippen LogP contribution is 2.20. The Balaban J connectivity index is 1.94. The summed E-state index contributed by atoms with van der Waals surface area (Å²) in [4.78, 5) is 11.8. The topological polar surface area (TPSA) is 60.7 Å². The normalized spacial score (nSPS) is 10.5. The number of amides is 1. The van der Waals surface area contributed by atoms with Gasteiger partial charge >= 0.3 is 0 Å². The second-order valence-electron chi connectivity index (χ2n) is 4.86. The van der Waals surface area contributed by atoms with E-state index in [4.69, 9.17) is 13.9 Å². The first-order chi connectivity index (χ1) is 10.1. The summed E-state index contributed by atoms with van der Waals surface area (Å²) < 4.78 is 16.2. The maximum Gasteiger partial charge on any atom is 0.287 e. The quantitative estimate of drug-likeness (QED) is 0.888. The smallest absolute Gasteiger partial charge is 0.287 e. The molecular weight excluding hydrogens is 270 g/mol. The maximum absolute atomic E-state index is 11.8. The Bertz CT molecular complexity index is 604. The number of carbonyl (C=O) groups is 1. The van der Waals surface area contributed by atoms with Crippen LogP contribution in [0.25, 0.3) is 0 Å². The Labute approximate surface area is 123 Å². The van der Waals surface area contributed by atoms with Crippen molar-refractivity contribution in [2.24, 2.45) is 0 Å². The lowest BCUT2D eigenvalue weighted by Gasteiger charge is -2.07. The standard InChI is InChI=1S/C16H19NO4/c1-11(2)17-16(18)15-8-7-14(21-15)10-20-13-6-4-5-12(9-13)19-3/h4-9,11H,10H2,1-3H3,(H,17,18). The van der Waals surface area contributed by atoms with Crippen LogP contribution in [-0.2, 0) is 6.61 Å². The summed E-state index contributed by atoms with van der Waals surface area (Å²) in [5, 5.41) is 2.77. The summed E-state index contributed by atoms with van der Waals surface area (Å²) in [6.45, 7) is 4.05. The van der Waals surface area contributed by atoms with Gasteiger partial charge in [0.1, 0.15) is 23.9 Å². The van der Waals surface area contributed by atoms with Crippen LogP contribution in [0.15, 0.2) is 40.8 Å². The molecule has 0 bridgehead atoms. The second-order valence-corrected chi connectivity index (χ2v) is 4.86. The number of furan rings is 1. The molecule has 1 N–H and O–H groups in total. The highest BCUT2D eigenvalue weighted by Gasteiger charge is 2.12. The number of ether oxygens (including phenoxy) is 2. The van der Waals surface area contributed by atoms with Gasteiger partial charge < -0.3 is 19.2 Å². The molecular formula is C16H19NO4. The van der Waals surface area contributed by atoms with E-state index in [-0.39, 0.29) is 24.3 Å². The summed E-state index contributed by atoms with van der Waals surface area (Å²) >= 11 is 0. The zero-order valence-corrected chi connectivity index (χ0v) is 12.4. The maximum atomic E-state index is 11.8. The predicted molar refractivity (Wildman–Crippen MR) is 78.6 cm³/mol. The molecule has 2 rings (SSSR count). The van der Waals surface area contributed by atoms with Crippen LogP contribution in [0.1, 0.15) is 30.2 Å². The van der Waals surface area contributed by atoms with Gasteiger partial charge in [-0.1, -0.05) is 6.07 Å². The Kier molecular flexibility index (Phi) is 4.87. The van der Waals surface area contributed by atoms with Gasteiger partial charge in [-0.25, -0.2) is 0 Å². The van der Waals surface area contributed by atoms with Crippen molar-refractivity contribution in [3.8, 4) is 11.5 Å². The first-order valence-corrected chi connectivity index (χ1v) is 6.75. The molecule has 2 aromatic rings. The molecule has 1 aromatic heterocycles. The monoisotopic (exact) mass is 289 g/mol. The molecule has 0 saturated heterocycles. The first-order valence-electron chi connectivity index (χ1n) is 6.75. The molecule has 112 valence electrons. The number of hydrogen-bond donors (Lipinski definition) is 1. The van der Waals surface area contributed by atoms with Gasteiger partial charge in [0.25, 0.3) is 5.91 Å². The fraction of sp³-hybridized carbons (Fsp3) is 0.312. The third-order valence-electron chi connectivity index (χ3n) is 2.73. The van der Waals surface area contributed by atoms with Crippen molar-refractivity contribution >= 4 is 5.91 Å². The molecule has 0 aliphatic carbocycles. The van der Waals surface area contributed by atoms with E-state index in [0.29, 0.717) is 11.5 Å². The van der Waals surface area contributed by atoms with E-state index in [0.717, 1.165) is 5.75 Å². The zero-order chi connectivity index (χ0) is 15.2. The molecule has 0 saturated carbocycles. The van der Waals surface area contributed by atoms with Crippen LogP contribution in [0.5, 0.6) is 11.5 Å². The number of nitrogens with one attached hydrogen (secondary N) is 1. The van der Waals surface area contributed by atoms with Crippen LogP contribution in [0.4, 0.5) is 0 Å². The first kappa shape index (κ1) is 15.0. The minimum absolute atomic E-state index is 0.0686. The van der Waals surface area contributed by atoms with Gasteiger partial charge in [0.15, 0.2) is 5.76 Å². The molecule has 0 aliphatic heterocycles.